The molecule has 0 bridgehead atoms. The summed E-state index contributed by atoms with van der Waals surface area (Å²) in [6, 6.07) is 0. The highest BCUT2D eigenvalue weighted by molar-refractivity contribution is 5.97. The van der Waals surface area contributed by atoms with Crippen molar-refractivity contribution in [3.8, 4) is 0 Å². The molecule has 1 amide bonds. The van der Waals surface area contributed by atoms with Crippen LogP contribution in [0.1, 0.15) is 28.7 Å². The summed E-state index contributed by atoms with van der Waals surface area (Å²) in [6.07, 6.45) is 0. The first-order valence-corrected chi connectivity index (χ1v) is 5.34. The Morgan fingerprint density at radius 3 is 2.38 bits per heavy atom. The molecule has 1 aromatic heterocycles. The maximum Gasteiger partial charge on any atom is 0.257 e. The SMILES string of the molecule is Cc1nn(C)c(C)c1C(=O)N1CC(C)(O)C1. The molecule has 1 N–H and O–H groups in total. The van der Waals surface area contributed by atoms with Gasteiger partial charge in [0.15, 0.2) is 0 Å². The molecule has 0 unspecified atom stereocenters. The van der Waals surface area contributed by atoms with Gasteiger partial charge in [0.25, 0.3) is 5.91 Å². The zero-order chi connectivity index (χ0) is 12.1. The lowest BCUT2D eigenvalue weighted by molar-refractivity contribution is -0.0669. The molecule has 1 aliphatic heterocycles. The van der Waals surface area contributed by atoms with Crippen LogP contribution in [0.4, 0.5) is 0 Å². The van der Waals surface area contributed by atoms with Gasteiger partial charge in [0.1, 0.15) is 0 Å². The summed E-state index contributed by atoms with van der Waals surface area (Å²) in [6.45, 7) is 6.25. The van der Waals surface area contributed by atoms with E-state index in [1.165, 1.54) is 0 Å². The van der Waals surface area contributed by atoms with Gasteiger partial charge in [-0.15, -0.1) is 0 Å². The van der Waals surface area contributed by atoms with Crippen LogP contribution in [-0.4, -0.2) is 44.4 Å². The number of amides is 1. The van der Waals surface area contributed by atoms with Crippen LogP contribution in [-0.2, 0) is 7.05 Å². The molecular formula is C11H17N3O2. The number of hydrogen-bond acceptors (Lipinski definition) is 3. The van der Waals surface area contributed by atoms with Crippen molar-refractivity contribution in [1.29, 1.82) is 0 Å². The molecule has 5 nitrogen and oxygen atoms in total. The minimum absolute atomic E-state index is 0.0328. The molecule has 0 atom stereocenters. The van der Waals surface area contributed by atoms with Gasteiger partial charge in [-0.3, -0.25) is 9.48 Å². The van der Waals surface area contributed by atoms with Crippen LogP contribution in [0.15, 0.2) is 0 Å². The predicted molar refractivity (Wildman–Crippen MR) is 59.2 cm³/mol. The van der Waals surface area contributed by atoms with Crippen molar-refractivity contribution in [2.45, 2.75) is 26.4 Å². The van der Waals surface area contributed by atoms with Crippen LogP contribution in [0.25, 0.3) is 0 Å². The van der Waals surface area contributed by atoms with Crippen molar-refractivity contribution >= 4 is 5.91 Å². The standard InChI is InChI=1S/C11H17N3O2/c1-7-9(8(2)13(4)12-7)10(15)14-5-11(3,16)6-14/h16H,5-6H2,1-4H3. The molecule has 5 heteroatoms. The maximum absolute atomic E-state index is 12.1. The largest absolute Gasteiger partial charge is 0.386 e. The molecule has 0 saturated carbocycles. The highest BCUT2D eigenvalue weighted by Gasteiger charge is 2.40. The van der Waals surface area contributed by atoms with Gasteiger partial charge >= 0.3 is 0 Å². The van der Waals surface area contributed by atoms with Crippen LogP contribution in [0.3, 0.4) is 0 Å². The van der Waals surface area contributed by atoms with Gasteiger partial charge in [0, 0.05) is 12.7 Å². The Morgan fingerprint density at radius 1 is 1.44 bits per heavy atom. The molecule has 0 aromatic carbocycles. The number of likely N-dealkylation sites (tertiary alicyclic amines) is 1. The van der Waals surface area contributed by atoms with Gasteiger partial charge in [0.2, 0.25) is 0 Å². The zero-order valence-electron chi connectivity index (χ0n) is 10.1. The Morgan fingerprint density at radius 2 is 2.00 bits per heavy atom. The predicted octanol–water partition coefficient (Wildman–Crippen LogP) is 0.244. The number of aromatic nitrogens is 2. The van der Waals surface area contributed by atoms with Crippen molar-refractivity contribution in [2.24, 2.45) is 7.05 Å². The van der Waals surface area contributed by atoms with E-state index in [2.05, 4.69) is 5.10 Å². The Kier molecular flexibility index (Phi) is 2.31. The topological polar surface area (TPSA) is 58.4 Å². The second-order valence-corrected chi connectivity index (χ2v) is 4.83. The monoisotopic (exact) mass is 223 g/mol. The Labute approximate surface area is 94.7 Å². The second-order valence-electron chi connectivity index (χ2n) is 4.83. The van der Waals surface area contributed by atoms with Gasteiger partial charge in [-0.25, -0.2) is 0 Å². The first-order valence-electron chi connectivity index (χ1n) is 5.34. The van der Waals surface area contributed by atoms with E-state index in [0.717, 1.165) is 11.4 Å². The second kappa shape index (κ2) is 3.31. The summed E-state index contributed by atoms with van der Waals surface area (Å²) in [5.74, 6) is -0.0328. The van der Waals surface area contributed by atoms with Crippen LogP contribution in [0.2, 0.25) is 0 Å². The van der Waals surface area contributed by atoms with E-state index in [0.29, 0.717) is 18.7 Å². The van der Waals surface area contributed by atoms with E-state index >= 15 is 0 Å². The lowest BCUT2D eigenvalue weighted by Crippen LogP contribution is -2.61. The minimum Gasteiger partial charge on any atom is -0.386 e. The number of rotatable bonds is 1. The van der Waals surface area contributed by atoms with Crippen LogP contribution < -0.4 is 0 Å². The third-order valence-corrected chi connectivity index (χ3v) is 3.07. The highest BCUT2D eigenvalue weighted by Crippen LogP contribution is 2.24. The zero-order valence-corrected chi connectivity index (χ0v) is 10.1. The summed E-state index contributed by atoms with van der Waals surface area (Å²) >= 11 is 0. The van der Waals surface area contributed by atoms with Gasteiger partial charge in [-0.1, -0.05) is 0 Å². The summed E-state index contributed by atoms with van der Waals surface area (Å²) in [7, 11) is 1.82. The van der Waals surface area contributed by atoms with Crippen molar-refractivity contribution in [3.63, 3.8) is 0 Å². The third-order valence-electron chi connectivity index (χ3n) is 3.07. The first-order chi connectivity index (χ1) is 7.32. The molecule has 16 heavy (non-hydrogen) atoms. The molecule has 1 saturated heterocycles. The minimum atomic E-state index is -0.723. The van der Waals surface area contributed by atoms with E-state index in [1.807, 2.05) is 20.9 Å². The van der Waals surface area contributed by atoms with Gasteiger partial charge in [-0.05, 0) is 20.8 Å². The van der Waals surface area contributed by atoms with Gasteiger partial charge in [-0.2, -0.15) is 5.10 Å². The van der Waals surface area contributed by atoms with Gasteiger partial charge in [0.05, 0.1) is 29.9 Å². The molecule has 1 aliphatic rings. The normalized spacial score (nSPS) is 18.4. The van der Waals surface area contributed by atoms with Crippen molar-refractivity contribution in [2.75, 3.05) is 13.1 Å². The van der Waals surface area contributed by atoms with Crippen LogP contribution >= 0.6 is 0 Å². The Bertz CT molecular complexity index is 440. The number of aliphatic hydroxyl groups is 1. The molecule has 88 valence electrons. The van der Waals surface area contributed by atoms with E-state index in [1.54, 1.807) is 16.5 Å². The van der Waals surface area contributed by atoms with Gasteiger partial charge < -0.3 is 10.0 Å². The molecule has 2 heterocycles. The van der Waals surface area contributed by atoms with Crippen molar-refractivity contribution in [3.05, 3.63) is 17.0 Å². The lowest BCUT2D eigenvalue weighted by Gasteiger charge is -2.44. The quantitative estimate of drug-likeness (QED) is 0.742. The first kappa shape index (κ1) is 11.1. The smallest absolute Gasteiger partial charge is 0.257 e. The van der Waals surface area contributed by atoms with Crippen molar-refractivity contribution < 1.29 is 9.90 Å². The molecular weight excluding hydrogens is 206 g/mol. The number of carbonyl (C=O) groups excluding carboxylic acids is 1. The number of aryl methyl sites for hydroxylation is 2. The van der Waals surface area contributed by atoms with E-state index in [-0.39, 0.29) is 5.91 Å². The Hall–Kier alpha value is -1.36. The van der Waals surface area contributed by atoms with E-state index < -0.39 is 5.60 Å². The molecule has 0 aliphatic carbocycles. The number of nitrogens with zero attached hydrogens (tertiary/aromatic N) is 3. The van der Waals surface area contributed by atoms with Crippen LogP contribution in [0.5, 0.6) is 0 Å². The average molecular weight is 223 g/mol. The fourth-order valence-electron chi connectivity index (χ4n) is 2.16. The van der Waals surface area contributed by atoms with Crippen molar-refractivity contribution in [1.82, 2.24) is 14.7 Å². The molecule has 2 rings (SSSR count). The fourth-order valence-corrected chi connectivity index (χ4v) is 2.16. The van der Waals surface area contributed by atoms with E-state index in [4.69, 9.17) is 0 Å². The Balaban J connectivity index is 2.23. The summed E-state index contributed by atoms with van der Waals surface area (Å²) < 4.78 is 1.71. The molecule has 1 fully saturated rings. The van der Waals surface area contributed by atoms with E-state index in [9.17, 15) is 9.90 Å². The third kappa shape index (κ3) is 1.61. The van der Waals surface area contributed by atoms with Crippen LogP contribution in [0, 0.1) is 13.8 Å². The summed E-state index contributed by atoms with van der Waals surface area (Å²) in [4.78, 5) is 13.8. The number of β-amino-alcohol motifs (C(OH)–C–C–N with tert-alkyl or cyclic N) is 1. The fraction of sp³-hybridized carbons (Fsp3) is 0.636. The number of hydrogen-bond donors (Lipinski definition) is 1. The number of carbonyl (C=O) groups is 1. The highest BCUT2D eigenvalue weighted by atomic mass is 16.3. The molecule has 1 aromatic rings. The maximum atomic E-state index is 12.1. The lowest BCUT2D eigenvalue weighted by atomic mass is 9.95. The molecule has 0 spiro atoms. The average Bonchev–Trinajstić information content (AvgIpc) is 2.36. The molecule has 0 radical (unpaired) electrons. The summed E-state index contributed by atoms with van der Waals surface area (Å²) in [5, 5.41) is 13.8. The summed E-state index contributed by atoms with van der Waals surface area (Å²) in [5.41, 5.74) is 1.56.